The molecule has 0 atom stereocenters. The van der Waals surface area contributed by atoms with Crippen molar-refractivity contribution < 1.29 is 4.57 Å². The van der Waals surface area contributed by atoms with E-state index in [0.29, 0.717) is 0 Å². The molecule has 0 aliphatic heterocycles. The van der Waals surface area contributed by atoms with Crippen LogP contribution in [0.15, 0.2) is 24.5 Å². The predicted molar refractivity (Wildman–Crippen MR) is 87.9 cm³/mol. The monoisotopic (exact) mass is 276 g/mol. The molecule has 0 aliphatic rings. The molecule has 0 fully saturated rings. The molecular formula is C19H34N+. The third-order valence-electron chi connectivity index (χ3n) is 4.05. The van der Waals surface area contributed by atoms with Crippen LogP contribution in [-0.2, 0) is 13.0 Å². The first kappa shape index (κ1) is 17.2. The summed E-state index contributed by atoms with van der Waals surface area (Å²) in [4.78, 5) is 0. The molecule has 20 heavy (non-hydrogen) atoms. The van der Waals surface area contributed by atoms with Gasteiger partial charge in [0.1, 0.15) is 6.54 Å². The fourth-order valence-corrected chi connectivity index (χ4v) is 2.63. The first-order valence-corrected chi connectivity index (χ1v) is 8.84. The molecule has 1 heterocycles. The molecule has 1 aromatic heterocycles. The summed E-state index contributed by atoms with van der Waals surface area (Å²) in [6.45, 7) is 5.71. The summed E-state index contributed by atoms with van der Waals surface area (Å²) in [5.74, 6) is 0. The van der Waals surface area contributed by atoms with E-state index < -0.39 is 0 Å². The van der Waals surface area contributed by atoms with Crippen LogP contribution >= 0.6 is 0 Å². The van der Waals surface area contributed by atoms with Crippen LogP contribution in [0.4, 0.5) is 0 Å². The summed E-state index contributed by atoms with van der Waals surface area (Å²) in [6.07, 6.45) is 19.5. The standard InChI is InChI=1S/C19H34N/c1-3-5-7-8-9-10-11-13-19-14-17-20(18-15-19)16-12-6-4-2/h14-15,17-18H,3-13,16H2,1-2H3/q+1. The second-order valence-corrected chi connectivity index (χ2v) is 6.02. The lowest BCUT2D eigenvalue weighted by atomic mass is 10.1. The molecule has 1 heteroatoms. The molecule has 114 valence electrons. The Kier molecular flexibility index (Phi) is 10.3. The van der Waals surface area contributed by atoms with E-state index in [0.717, 1.165) is 0 Å². The number of pyridine rings is 1. The molecule has 0 radical (unpaired) electrons. The van der Waals surface area contributed by atoms with Crippen molar-refractivity contribution in [2.45, 2.75) is 91.0 Å². The lowest BCUT2D eigenvalue weighted by Gasteiger charge is -2.02. The summed E-state index contributed by atoms with van der Waals surface area (Å²) < 4.78 is 2.32. The zero-order valence-electron chi connectivity index (χ0n) is 13.7. The Hall–Kier alpha value is -0.850. The van der Waals surface area contributed by atoms with Gasteiger partial charge in [0.2, 0.25) is 0 Å². The molecular weight excluding hydrogens is 242 g/mol. The number of hydrogen-bond acceptors (Lipinski definition) is 0. The Morgan fingerprint density at radius 1 is 0.700 bits per heavy atom. The lowest BCUT2D eigenvalue weighted by Crippen LogP contribution is -2.32. The Bertz CT molecular complexity index is 315. The molecule has 0 N–H and O–H groups in total. The van der Waals surface area contributed by atoms with Gasteiger partial charge in [-0.15, -0.1) is 0 Å². The highest BCUT2D eigenvalue weighted by molar-refractivity contribution is 5.07. The van der Waals surface area contributed by atoms with Gasteiger partial charge in [0.15, 0.2) is 12.4 Å². The first-order valence-electron chi connectivity index (χ1n) is 8.84. The number of aryl methyl sites for hydroxylation is 2. The van der Waals surface area contributed by atoms with Crippen LogP contribution < -0.4 is 4.57 Å². The normalized spacial score (nSPS) is 10.9. The van der Waals surface area contributed by atoms with Crippen molar-refractivity contribution in [2.75, 3.05) is 0 Å². The molecule has 1 aromatic rings. The Balaban J connectivity index is 2.08. The van der Waals surface area contributed by atoms with Gasteiger partial charge in [0, 0.05) is 18.6 Å². The Morgan fingerprint density at radius 3 is 1.90 bits per heavy atom. The van der Waals surface area contributed by atoms with Gasteiger partial charge < -0.3 is 0 Å². The Labute approximate surface area is 126 Å². The number of unbranched alkanes of at least 4 members (excludes halogenated alkanes) is 8. The van der Waals surface area contributed by atoms with Crippen molar-refractivity contribution in [1.29, 1.82) is 0 Å². The summed E-state index contributed by atoms with van der Waals surface area (Å²) in [7, 11) is 0. The van der Waals surface area contributed by atoms with Gasteiger partial charge in [-0.1, -0.05) is 58.8 Å². The van der Waals surface area contributed by atoms with E-state index in [1.165, 1.54) is 82.7 Å². The zero-order valence-corrected chi connectivity index (χ0v) is 13.7. The van der Waals surface area contributed by atoms with E-state index in [4.69, 9.17) is 0 Å². The molecule has 0 aromatic carbocycles. The molecule has 0 aliphatic carbocycles. The van der Waals surface area contributed by atoms with Crippen LogP contribution in [0.1, 0.15) is 83.6 Å². The highest BCUT2D eigenvalue weighted by atomic mass is 14.9. The molecule has 0 amide bonds. The van der Waals surface area contributed by atoms with Gasteiger partial charge in [-0.25, -0.2) is 4.57 Å². The maximum absolute atomic E-state index is 2.32. The zero-order chi connectivity index (χ0) is 14.5. The Morgan fingerprint density at radius 2 is 1.25 bits per heavy atom. The van der Waals surface area contributed by atoms with Crippen molar-refractivity contribution in [3.05, 3.63) is 30.1 Å². The van der Waals surface area contributed by atoms with E-state index in [-0.39, 0.29) is 0 Å². The average Bonchev–Trinajstić information content (AvgIpc) is 2.48. The summed E-state index contributed by atoms with van der Waals surface area (Å²) in [5.41, 5.74) is 1.50. The van der Waals surface area contributed by atoms with Crippen LogP contribution in [0.2, 0.25) is 0 Å². The lowest BCUT2D eigenvalue weighted by molar-refractivity contribution is -0.697. The number of nitrogens with zero attached hydrogens (tertiary/aromatic N) is 1. The topological polar surface area (TPSA) is 3.88 Å². The molecule has 1 nitrogen and oxygen atoms in total. The van der Waals surface area contributed by atoms with E-state index in [1.807, 2.05) is 0 Å². The predicted octanol–water partition coefficient (Wildman–Crippen LogP) is 5.46. The summed E-state index contributed by atoms with van der Waals surface area (Å²) >= 11 is 0. The van der Waals surface area contributed by atoms with E-state index >= 15 is 0 Å². The molecule has 1 rings (SSSR count). The third kappa shape index (κ3) is 8.35. The van der Waals surface area contributed by atoms with Crippen molar-refractivity contribution in [3.8, 4) is 0 Å². The molecule has 0 unspecified atom stereocenters. The first-order chi connectivity index (χ1) is 9.86. The fourth-order valence-electron chi connectivity index (χ4n) is 2.63. The quantitative estimate of drug-likeness (QED) is 0.353. The van der Waals surface area contributed by atoms with Crippen LogP contribution in [0.3, 0.4) is 0 Å². The van der Waals surface area contributed by atoms with Crippen LogP contribution in [0, 0.1) is 0 Å². The fraction of sp³-hybridized carbons (Fsp3) is 0.737. The van der Waals surface area contributed by atoms with Gasteiger partial charge >= 0.3 is 0 Å². The SMILES string of the molecule is CCCCCCCCCc1cc[n+](CCCCC)cc1. The maximum Gasteiger partial charge on any atom is 0.169 e. The summed E-state index contributed by atoms with van der Waals surface area (Å²) in [6, 6.07) is 4.62. The van der Waals surface area contributed by atoms with Gasteiger partial charge in [-0.3, -0.25) is 0 Å². The highest BCUT2D eigenvalue weighted by Crippen LogP contribution is 2.09. The third-order valence-corrected chi connectivity index (χ3v) is 4.05. The maximum atomic E-state index is 2.32. The van der Waals surface area contributed by atoms with Gasteiger partial charge in [-0.2, -0.15) is 0 Å². The smallest absolute Gasteiger partial charge is 0.169 e. The average molecular weight is 276 g/mol. The van der Waals surface area contributed by atoms with Crippen LogP contribution in [0.5, 0.6) is 0 Å². The van der Waals surface area contributed by atoms with Gasteiger partial charge in [0.25, 0.3) is 0 Å². The van der Waals surface area contributed by atoms with Gasteiger partial charge in [-0.05, 0) is 24.8 Å². The van der Waals surface area contributed by atoms with Gasteiger partial charge in [0.05, 0.1) is 0 Å². The van der Waals surface area contributed by atoms with E-state index in [9.17, 15) is 0 Å². The minimum atomic E-state index is 1.17. The minimum absolute atomic E-state index is 1.17. The van der Waals surface area contributed by atoms with Crippen LogP contribution in [0.25, 0.3) is 0 Å². The molecule has 0 saturated carbocycles. The van der Waals surface area contributed by atoms with Crippen molar-refractivity contribution in [2.24, 2.45) is 0 Å². The minimum Gasteiger partial charge on any atom is -0.205 e. The number of aromatic nitrogens is 1. The largest absolute Gasteiger partial charge is 0.205 e. The second kappa shape index (κ2) is 11.9. The van der Waals surface area contributed by atoms with Crippen LogP contribution in [-0.4, -0.2) is 0 Å². The van der Waals surface area contributed by atoms with Crippen molar-refractivity contribution >= 4 is 0 Å². The number of hydrogen-bond donors (Lipinski definition) is 0. The highest BCUT2D eigenvalue weighted by Gasteiger charge is 2.00. The van der Waals surface area contributed by atoms with Crippen molar-refractivity contribution in [1.82, 2.24) is 0 Å². The number of rotatable bonds is 12. The molecule has 0 saturated heterocycles. The van der Waals surface area contributed by atoms with Crippen molar-refractivity contribution in [3.63, 3.8) is 0 Å². The summed E-state index contributed by atoms with van der Waals surface area (Å²) in [5, 5.41) is 0. The second-order valence-electron chi connectivity index (χ2n) is 6.02. The molecule has 0 bridgehead atoms. The van der Waals surface area contributed by atoms with E-state index in [1.54, 1.807) is 0 Å². The molecule has 0 spiro atoms. The van der Waals surface area contributed by atoms with E-state index in [2.05, 4.69) is 42.9 Å².